The van der Waals surface area contributed by atoms with Crippen LogP contribution in [-0.4, -0.2) is 31.2 Å². The van der Waals surface area contributed by atoms with Gasteiger partial charge in [0.1, 0.15) is 17.4 Å². The van der Waals surface area contributed by atoms with Crippen LogP contribution >= 0.6 is 0 Å². The van der Waals surface area contributed by atoms with E-state index in [0.29, 0.717) is 17.5 Å². The number of benzene rings is 2. The number of nitrogens with two attached hydrogens (primary N) is 2. The van der Waals surface area contributed by atoms with Crippen LogP contribution < -0.4 is 16.2 Å². The van der Waals surface area contributed by atoms with Gasteiger partial charge in [-0.05, 0) is 92.5 Å². The van der Waals surface area contributed by atoms with Gasteiger partial charge in [0.05, 0.1) is 18.8 Å². The second kappa shape index (κ2) is 25.3. The molecule has 0 bridgehead atoms. The molecule has 266 valence electrons. The largest absolute Gasteiger partial charge is 0.496 e. The molecule has 0 amide bonds. The van der Waals surface area contributed by atoms with Gasteiger partial charge in [0, 0.05) is 16.8 Å². The minimum atomic E-state index is -0.280. The molecule has 0 fully saturated rings. The Bertz CT molecular complexity index is 1370. The lowest BCUT2D eigenvalue weighted by atomic mass is 9.95. The fourth-order valence-corrected chi connectivity index (χ4v) is 4.67. The van der Waals surface area contributed by atoms with Crippen molar-refractivity contribution in [3.63, 3.8) is 0 Å². The van der Waals surface area contributed by atoms with Crippen LogP contribution in [0.5, 0.6) is 5.75 Å². The number of hydrogen-bond acceptors (Lipinski definition) is 4. The van der Waals surface area contributed by atoms with Gasteiger partial charge in [-0.2, -0.15) is 0 Å². The first-order chi connectivity index (χ1) is 23.0. The molecule has 6 heteroatoms. The third kappa shape index (κ3) is 15.0. The molecule has 0 heterocycles. The zero-order valence-corrected chi connectivity index (χ0v) is 31.9. The minimum absolute atomic E-state index is 0.200. The number of aliphatic imine (C=N–C) groups is 2. The van der Waals surface area contributed by atoms with Crippen LogP contribution in [0, 0.1) is 24.6 Å². The standard InChI is InChI=1S/C36H48FN3O.C4H11N.C2H6/c1-10-14-29(17-16-24(5)12-3)33(15-11-2)40-35(25(6)13-4)27(8)39-36(38)32-22-30(23-34(41-9)26(32)7)28-18-20-31(37)21-19-28;1-2-3-4-5;1-2/h10,14-25,27H,1,11-13H2,2-9H3,(H2,38,39);2-5H2,1H3;1-2H3/b17-16-,29-14+,33-15-,40-35?;;. The Morgan fingerprint density at radius 2 is 1.65 bits per heavy atom. The van der Waals surface area contributed by atoms with E-state index < -0.39 is 0 Å². The second-order valence-corrected chi connectivity index (χ2v) is 11.6. The number of amidine groups is 1. The van der Waals surface area contributed by atoms with Crippen molar-refractivity contribution in [3.8, 4) is 16.9 Å². The number of ether oxygens (including phenoxy) is 1. The first-order valence-corrected chi connectivity index (χ1v) is 17.8. The van der Waals surface area contributed by atoms with Crippen LogP contribution in [0.1, 0.15) is 106 Å². The quantitative estimate of drug-likeness (QED) is 0.107. The lowest BCUT2D eigenvalue weighted by Crippen LogP contribution is -2.27. The predicted molar refractivity (Wildman–Crippen MR) is 211 cm³/mol. The van der Waals surface area contributed by atoms with Gasteiger partial charge in [0.2, 0.25) is 0 Å². The van der Waals surface area contributed by atoms with E-state index in [-0.39, 0.29) is 17.8 Å². The number of unbranched alkanes of at least 4 members (excludes halogenated alkanes) is 1. The molecular weight excluding hydrogens is 595 g/mol. The first kappa shape index (κ1) is 44.2. The van der Waals surface area contributed by atoms with E-state index >= 15 is 0 Å². The van der Waals surface area contributed by atoms with Crippen LogP contribution in [0.2, 0.25) is 0 Å². The van der Waals surface area contributed by atoms with Crippen molar-refractivity contribution >= 4 is 11.5 Å². The molecule has 3 atom stereocenters. The summed E-state index contributed by atoms with van der Waals surface area (Å²) >= 11 is 0. The smallest absolute Gasteiger partial charge is 0.126 e. The van der Waals surface area contributed by atoms with Gasteiger partial charge in [-0.15, -0.1) is 0 Å². The topological polar surface area (TPSA) is 86.0 Å². The summed E-state index contributed by atoms with van der Waals surface area (Å²) in [6.45, 7) is 25.8. The molecule has 0 aromatic heterocycles. The summed E-state index contributed by atoms with van der Waals surface area (Å²) in [5, 5.41) is 0. The molecule has 0 aliphatic carbocycles. The van der Waals surface area contributed by atoms with Gasteiger partial charge in [-0.1, -0.05) is 117 Å². The van der Waals surface area contributed by atoms with Gasteiger partial charge >= 0.3 is 0 Å². The monoisotopic (exact) mass is 661 g/mol. The molecule has 48 heavy (non-hydrogen) atoms. The summed E-state index contributed by atoms with van der Waals surface area (Å²) < 4.78 is 19.2. The third-order valence-electron chi connectivity index (χ3n) is 7.96. The molecule has 0 spiro atoms. The molecule has 2 aromatic carbocycles. The Morgan fingerprint density at radius 3 is 2.12 bits per heavy atom. The highest BCUT2D eigenvalue weighted by Crippen LogP contribution is 2.31. The number of methoxy groups -OCH3 is 1. The number of nitrogens with zero attached hydrogens (tertiary/aromatic N) is 2. The summed E-state index contributed by atoms with van der Waals surface area (Å²) in [5.74, 6) is 1.50. The van der Waals surface area contributed by atoms with E-state index in [1.165, 1.54) is 25.0 Å². The number of rotatable bonds is 16. The average molecular weight is 661 g/mol. The Kier molecular flexibility index (Phi) is 23.3. The highest BCUT2D eigenvalue weighted by Gasteiger charge is 2.20. The Balaban J connectivity index is 0.00000287. The van der Waals surface area contributed by atoms with E-state index in [4.69, 9.17) is 26.2 Å². The second-order valence-electron chi connectivity index (χ2n) is 11.6. The zero-order valence-electron chi connectivity index (χ0n) is 31.9. The summed E-state index contributed by atoms with van der Waals surface area (Å²) in [4.78, 5) is 10.2. The molecule has 0 aliphatic heterocycles. The van der Waals surface area contributed by atoms with Crippen molar-refractivity contribution < 1.29 is 9.13 Å². The van der Waals surface area contributed by atoms with Gasteiger partial charge in [0.25, 0.3) is 0 Å². The molecule has 3 unspecified atom stereocenters. The molecule has 0 aliphatic rings. The summed E-state index contributed by atoms with van der Waals surface area (Å²) in [6, 6.07) is 10.1. The zero-order chi connectivity index (χ0) is 36.6. The molecule has 0 radical (unpaired) electrons. The van der Waals surface area contributed by atoms with Crippen molar-refractivity contribution in [3.05, 3.63) is 102 Å². The predicted octanol–water partition coefficient (Wildman–Crippen LogP) is 11.2. The van der Waals surface area contributed by atoms with E-state index in [9.17, 15) is 4.39 Å². The van der Waals surface area contributed by atoms with Gasteiger partial charge in [-0.3, -0.25) is 9.98 Å². The van der Waals surface area contributed by atoms with E-state index in [1.807, 2.05) is 52.0 Å². The lowest BCUT2D eigenvalue weighted by Gasteiger charge is -2.20. The number of allylic oxidation sites excluding steroid dienone is 5. The fraction of sp³-hybridized carbons (Fsp3) is 0.476. The van der Waals surface area contributed by atoms with Crippen LogP contribution in [-0.2, 0) is 0 Å². The van der Waals surface area contributed by atoms with E-state index in [2.05, 4.69) is 66.3 Å². The summed E-state index contributed by atoms with van der Waals surface area (Å²) in [7, 11) is 1.63. The molecular formula is C42H65FN4O. The summed E-state index contributed by atoms with van der Waals surface area (Å²) in [6.07, 6.45) is 15.6. The maximum absolute atomic E-state index is 13.6. The average Bonchev–Trinajstić information content (AvgIpc) is 3.09. The highest BCUT2D eigenvalue weighted by atomic mass is 19.1. The van der Waals surface area contributed by atoms with Crippen molar-refractivity contribution in [1.82, 2.24) is 0 Å². The Labute approximate surface area is 292 Å². The van der Waals surface area contributed by atoms with Crippen molar-refractivity contribution in [1.29, 1.82) is 0 Å². The fourth-order valence-electron chi connectivity index (χ4n) is 4.67. The number of hydrogen-bond donors (Lipinski definition) is 2. The molecule has 4 N–H and O–H groups in total. The highest BCUT2D eigenvalue weighted by molar-refractivity contribution is 6.03. The van der Waals surface area contributed by atoms with Crippen molar-refractivity contribution in [2.24, 2.45) is 33.3 Å². The Morgan fingerprint density at radius 1 is 1.00 bits per heavy atom. The maximum atomic E-state index is 13.6. The third-order valence-corrected chi connectivity index (χ3v) is 7.96. The minimum Gasteiger partial charge on any atom is -0.496 e. The van der Waals surface area contributed by atoms with Crippen LogP contribution in [0.3, 0.4) is 0 Å². The van der Waals surface area contributed by atoms with E-state index in [0.717, 1.165) is 65.0 Å². The molecule has 0 saturated heterocycles. The molecule has 2 rings (SSSR count). The van der Waals surface area contributed by atoms with Crippen molar-refractivity contribution in [2.45, 2.75) is 107 Å². The van der Waals surface area contributed by atoms with Crippen LogP contribution in [0.25, 0.3) is 11.1 Å². The van der Waals surface area contributed by atoms with Crippen molar-refractivity contribution in [2.75, 3.05) is 13.7 Å². The lowest BCUT2D eigenvalue weighted by molar-refractivity contribution is 0.412. The van der Waals surface area contributed by atoms with E-state index in [1.54, 1.807) is 19.2 Å². The SMILES string of the molecule is C=C/C=C(\C=C/C(C)CC)C(=C/CC)/N=C(C(C)CC)C(C)N=C(N)c1cc(-c2ccc(F)cc2)cc(OC)c1C.CC.CCCCN. The first-order valence-electron chi connectivity index (χ1n) is 17.8. The summed E-state index contributed by atoms with van der Waals surface area (Å²) in [5.41, 5.74) is 18.2. The molecule has 0 saturated carbocycles. The molecule has 2 aromatic rings. The normalized spacial score (nSPS) is 14.4. The molecule has 5 nitrogen and oxygen atoms in total. The van der Waals surface area contributed by atoms with Gasteiger partial charge in [0.15, 0.2) is 0 Å². The maximum Gasteiger partial charge on any atom is 0.126 e. The number of halogens is 1. The Hall–Kier alpha value is -3.77. The van der Waals surface area contributed by atoms with Gasteiger partial charge in [-0.25, -0.2) is 4.39 Å². The van der Waals surface area contributed by atoms with Crippen LogP contribution in [0.15, 0.2) is 94.6 Å². The van der Waals surface area contributed by atoms with Gasteiger partial charge < -0.3 is 16.2 Å². The van der Waals surface area contributed by atoms with Crippen LogP contribution in [0.4, 0.5) is 4.39 Å².